The van der Waals surface area contributed by atoms with E-state index in [2.05, 4.69) is 9.97 Å². The molecule has 0 saturated carbocycles. The summed E-state index contributed by atoms with van der Waals surface area (Å²) in [5.41, 5.74) is 0.782. The molecule has 1 fully saturated rings. The molecule has 116 valence electrons. The van der Waals surface area contributed by atoms with Gasteiger partial charge in [0.15, 0.2) is 0 Å². The number of carbonyl (C=O) groups is 1. The number of ether oxygens (including phenoxy) is 1. The van der Waals surface area contributed by atoms with Crippen LogP contribution in [0, 0.1) is 5.82 Å². The van der Waals surface area contributed by atoms with Crippen LogP contribution >= 0.6 is 0 Å². The number of methoxy groups -OCH3 is 1. The molecule has 2 atom stereocenters. The number of hydrogen-bond donors (Lipinski definition) is 1. The largest absolute Gasteiger partial charge is 0.394 e. The Kier molecular flexibility index (Phi) is 4.00. The van der Waals surface area contributed by atoms with Gasteiger partial charge in [-0.2, -0.15) is 0 Å². The number of carbonyl (C=O) groups excluding carboxylic acids is 1. The number of rotatable bonds is 3. The summed E-state index contributed by atoms with van der Waals surface area (Å²) in [7, 11) is 1.55. The van der Waals surface area contributed by atoms with Crippen LogP contribution in [0.4, 0.5) is 4.39 Å². The molecular formula is C15H16FN3O3. The van der Waals surface area contributed by atoms with Crippen molar-refractivity contribution < 1.29 is 19.0 Å². The number of hydrogen-bond acceptors (Lipinski definition) is 5. The highest BCUT2D eigenvalue weighted by Crippen LogP contribution is 2.24. The summed E-state index contributed by atoms with van der Waals surface area (Å²) in [5.74, 6) is -1.11. The minimum absolute atomic E-state index is 0.0665. The molecule has 0 spiro atoms. The Morgan fingerprint density at radius 2 is 2.09 bits per heavy atom. The summed E-state index contributed by atoms with van der Waals surface area (Å²) < 4.78 is 19.5. The molecule has 1 aliphatic heterocycles. The van der Waals surface area contributed by atoms with Gasteiger partial charge in [0.05, 0.1) is 35.3 Å². The maximum Gasteiger partial charge on any atom is 0.257 e. The van der Waals surface area contributed by atoms with Gasteiger partial charge in [-0.3, -0.25) is 14.8 Å². The molecule has 2 aromatic rings. The van der Waals surface area contributed by atoms with Crippen LogP contribution in [0.2, 0.25) is 0 Å². The Hall–Kier alpha value is -2.12. The number of likely N-dealkylation sites (tertiary alicyclic amines) is 1. The fourth-order valence-electron chi connectivity index (χ4n) is 2.77. The lowest BCUT2D eigenvalue weighted by Gasteiger charge is -2.23. The highest BCUT2D eigenvalue weighted by molar-refractivity contribution is 5.98. The number of nitrogens with zero attached hydrogens (tertiary/aromatic N) is 3. The van der Waals surface area contributed by atoms with Crippen molar-refractivity contribution in [3.63, 3.8) is 0 Å². The normalized spacial score (nSPS) is 21.5. The number of aromatic nitrogens is 2. The van der Waals surface area contributed by atoms with Crippen LogP contribution < -0.4 is 0 Å². The molecule has 1 aromatic carbocycles. The Morgan fingerprint density at radius 1 is 1.41 bits per heavy atom. The smallest absolute Gasteiger partial charge is 0.257 e. The first-order chi connectivity index (χ1) is 10.6. The van der Waals surface area contributed by atoms with Gasteiger partial charge in [-0.1, -0.05) is 0 Å². The van der Waals surface area contributed by atoms with E-state index in [9.17, 15) is 14.3 Å². The number of halogens is 1. The van der Waals surface area contributed by atoms with Crippen LogP contribution in [0.5, 0.6) is 0 Å². The van der Waals surface area contributed by atoms with Crippen molar-refractivity contribution in [2.45, 2.75) is 18.6 Å². The fourth-order valence-corrected chi connectivity index (χ4v) is 2.77. The highest BCUT2D eigenvalue weighted by Gasteiger charge is 2.36. The van der Waals surface area contributed by atoms with E-state index in [1.807, 2.05) is 0 Å². The van der Waals surface area contributed by atoms with E-state index in [4.69, 9.17) is 4.74 Å². The van der Waals surface area contributed by atoms with Crippen LogP contribution in [0.3, 0.4) is 0 Å². The van der Waals surface area contributed by atoms with Crippen molar-refractivity contribution in [1.82, 2.24) is 14.9 Å². The van der Waals surface area contributed by atoms with Gasteiger partial charge in [-0.15, -0.1) is 0 Å². The van der Waals surface area contributed by atoms with Crippen molar-refractivity contribution >= 4 is 16.9 Å². The predicted octanol–water partition coefficient (Wildman–Crippen LogP) is 0.991. The van der Waals surface area contributed by atoms with Gasteiger partial charge < -0.3 is 14.7 Å². The SMILES string of the molecule is CO[C@@H]1C[C@@H](CO)N(C(=O)c2cc3nccnc3cc2F)C1. The Bertz CT molecular complexity index is 709. The summed E-state index contributed by atoms with van der Waals surface area (Å²) in [6.07, 6.45) is 3.34. The van der Waals surface area contributed by atoms with Crippen LogP contribution in [-0.2, 0) is 4.74 Å². The van der Waals surface area contributed by atoms with Gasteiger partial charge in [0.2, 0.25) is 0 Å². The number of aliphatic hydroxyl groups is 1. The molecule has 3 rings (SSSR count). The van der Waals surface area contributed by atoms with Crippen molar-refractivity contribution in [3.8, 4) is 0 Å². The highest BCUT2D eigenvalue weighted by atomic mass is 19.1. The summed E-state index contributed by atoms with van der Waals surface area (Å²) in [4.78, 5) is 22.2. The van der Waals surface area contributed by atoms with Crippen LogP contribution in [0.25, 0.3) is 11.0 Å². The average Bonchev–Trinajstić information content (AvgIpc) is 2.97. The van der Waals surface area contributed by atoms with E-state index >= 15 is 0 Å². The number of benzene rings is 1. The third-order valence-electron chi connectivity index (χ3n) is 3.97. The summed E-state index contributed by atoms with van der Waals surface area (Å²) in [6, 6.07) is 2.23. The molecule has 1 aliphatic rings. The monoisotopic (exact) mass is 305 g/mol. The maximum absolute atomic E-state index is 14.2. The van der Waals surface area contributed by atoms with Crippen molar-refractivity contribution in [1.29, 1.82) is 0 Å². The third kappa shape index (κ3) is 2.53. The lowest BCUT2D eigenvalue weighted by Crippen LogP contribution is -2.38. The van der Waals surface area contributed by atoms with Crippen molar-refractivity contribution in [3.05, 3.63) is 35.9 Å². The second-order valence-electron chi connectivity index (χ2n) is 5.26. The average molecular weight is 305 g/mol. The van der Waals surface area contributed by atoms with Gasteiger partial charge in [-0.25, -0.2) is 4.39 Å². The summed E-state index contributed by atoms with van der Waals surface area (Å²) in [5, 5.41) is 9.42. The number of amides is 1. The van der Waals surface area contributed by atoms with Crippen molar-refractivity contribution in [2.75, 3.05) is 20.3 Å². The van der Waals surface area contributed by atoms with Crippen molar-refractivity contribution in [2.24, 2.45) is 0 Å². The zero-order valence-corrected chi connectivity index (χ0v) is 12.1. The fraction of sp³-hybridized carbons (Fsp3) is 0.400. The van der Waals surface area contributed by atoms with E-state index in [1.54, 1.807) is 7.11 Å². The minimum Gasteiger partial charge on any atom is -0.394 e. The number of aliphatic hydroxyl groups excluding tert-OH is 1. The Labute approximate surface area is 126 Å². The molecule has 1 aromatic heterocycles. The molecule has 0 aliphatic carbocycles. The molecule has 22 heavy (non-hydrogen) atoms. The first kappa shape index (κ1) is 14.8. The van der Waals surface area contributed by atoms with Gasteiger partial charge >= 0.3 is 0 Å². The summed E-state index contributed by atoms with van der Waals surface area (Å²) in [6.45, 7) is 0.152. The molecule has 2 heterocycles. The van der Waals surface area contributed by atoms with E-state index in [0.29, 0.717) is 24.0 Å². The Morgan fingerprint density at radius 3 is 2.73 bits per heavy atom. The molecule has 0 bridgehead atoms. The van der Waals surface area contributed by atoms with Crippen LogP contribution in [0.15, 0.2) is 24.5 Å². The third-order valence-corrected chi connectivity index (χ3v) is 3.97. The maximum atomic E-state index is 14.2. The van der Waals surface area contributed by atoms with E-state index in [1.165, 1.54) is 29.4 Å². The first-order valence-electron chi connectivity index (χ1n) is 6.99. The lowest BCUT2D eigenvalue weighted by atomic mass is 10.1. The molecular weight excluding hydrogens is 289 g/mol. The van der Waals surface area contributed by atoms with Gasteiger partial charge in [-0.05, 0) is 12.5 Å². The topological polar surface area (TPSA) is 75.6 Å². The molecule has 7 heteroatoms. The molecule has 6 nitrogen and oxygen atoms in total. The van der Waals surface area contributed by atoms with Gasteiger partial charge in [0.1, 0.15) is 5.82 Å². The molecule has 0 radical (unpaired) electrons. The second kappa shape index (κ2) is 5.94. The summed E-state index contributed by atoms with van der Waals surface area (Å²) >= 11 is 0. The first-order valence-corrected chi connectivity index (χ1v) is 6.99. The second-order valence-corrected chi connectivity index (χ2v) is 5.26. The minimum atomic E-state index is -0.643. The molecule has 1 N–H and O–H groups in total. The van der Waals surface area contributed by atoms with Gasteiger partial charge in [0, 0.05) is 32.1 Å². The lowest BCUT2D eigenvalue weighted by molar-refractivity contribution is 0.0643. The van der Waals surface area contributed by atoms with E-state index in [0.717, 1.165) is 0 Å². The molecule has 1 saturated heterocycles. The van der Waals surface area contributed by atoms with Crippen LogP contribution in [0.1, 0.15) is 16.8 Å². The van der Waals surface area contributed by atoms with Crippen LogP contribution in [-0.4, -0.2) is 58.3 Å². The zero-order chi connectivity index (χ0) is 15.7. The quantitative estimate of drug-likeness (QED) is 0.915. The zero-order valence-electron chi connectivity index (χ0n) is 12.1. The molecule has 1 amide bonds. The Balaban J connectivity index is 1.96. The predicted molar refractivity (Wildman–Crippen MR) is 76.8 cm³/mol. The van der Waals surface area contributed by atoms with Gasteiger partial charge in [0.25, 0.3) is 5.91 Å². The van der Waals surface area contributed by atoms with E-state index < -0.39 is 11.7 Å². The van der Waals surface area contributed by atoms with E-state index in [-0.39, 0.29) is 24.3 Å². The standard InChI is InChI=1S/C15H16FN3O3/c1-22-10-4-9(8-20)19(7-10)15(21)11-5-13-14(6-12(11)16)18-3-2-17-13/h2-3,5-6,9-10,20H,4,7-8H2,1H3/t9-,10+/m0/s1. The number of fused-ring (bicyclic) bond motifs is 1. The molecule has 0 unspecified atom stereocenters.